The first-order chi connectivity index (χ1) is 6.77. The molecule has 0 radical (unpaired) electrons. The summed E-state index contributed by atoms with van der Waals surface area (Å²) < 4.78 is 5.11. The number of furan rings is 1. The van der Waals surface area contributed by atoms with Crippen LogP contribution in [0.25, 0.3) is 0 Å². The number of hydrogen-bond donors (Lipinski definition) is 0. The second kappa shape index (κ2) is 3.75. The lowest BCUT2D eigenvalue weighted by atomic mass is 10.2. The molecule has 0 saturated heterocycles. The smallest absolute Gasteiger partial charge is 0.182 e. The zero-order chi connectivity index (χ0) is 9.97. The maximum Gasteiger partial charge on any atom is 0.182 e. The number of rotatable bonds is 3. The van der Waals surface area contributed by atoms with Crippen LogP contribution in [0.2, 0.25) is 0 Å². The summed E-state index contributed by atoms with van der Waals surface area (Å²) in [5.41, 5.74) is 2.48. The highest BCUT2D eigenvalue weighted by Gasteiger charge is 2.13. The van der Waals surface area contributed by atoms with Crippen molar-refractivity contribution in [1.29, 1.82) is 0 Å². The number of nitrogens with zero attached hydrogens (tertiary/aromatic N) is 1. The number of ketones is 1. The van der Waals surface area contributed by atoms with Gasteiger partial charge in [-0.1, -0.05) is 0 Å². The van der Waals surface area contributed by atoms with Gasteiger partial charge in [0.15, 0.2) is 5.78 Å². The number of Topliss-reactive ketones (excluding diaryl/α,β-unsaturated/α-hetero) is 1. The summed E-state index contributed by atoms with van der Waals surface area (Å²) in [6, 6.07) is 3.58. The molecule has 2 aromatic heterocycles. The zero-order valence-corrected chi connectivity index (χ0v) is 8.50. The number of aryl methyl sites for hydroxylation is 1. The van der Waals surface area contributed by atoms with Crippen LogP contribution in [0, 0.1) is 6.92 Å². The molecule has 0 aliphatic rings. The lowest BCUT2D eigenvalue weighted by Gasteiger charge is -1.95. The van der Waals surface area contributed by atoms with Gasteiger partial charge in [-0.25, -0.2) is 4.98 Å². The number of carbonyl (C=O) groups is 1. The summed E-state index contributed by atoms with van der Waals surface area (Å²) in [6.07, 6.45) is 1.89. The van der Waals surface area contributed by atoms with E-state index in [-0.39, 0.29) is 5.78 Å². The standard InChI is InChI=1S/C10H9NO2S/c1-7-10(14-6-11-7)9(12)5-8-3-2-4-13-8/h2-4,6H,5H2,1H3. The Morgan fingerprint density at radius 2 is 2.50 bits per heavy atom. The Morgan fingerprint density at radius 3 is 3.07 bits per heavy atom. The van der Waals surface area contributed by atoms with Gasteiger partial charge in [0.25, 0.3) is 0 Å². The lowest BCUT2D eigenvalue weighted by molar-refractivity contribution is 0.0990. The van der Waals surface area contributed by atoms with E-state index in [0.29, 0.717) is 12.2 Å². The van der Waals surface area contributed by atoms with E-state index in [1.54, 1.807) is 23.9 Å². The van der Waals surface area contributed by atoms with Gasteiger partial charge < -0.3 is 4.42 Å². The summed E-state index contributed by atoms with van der Waals surface area (Å²) in [6.45, 7) is 1.84. The highest BCUT2D eigenvalue weighted by molar-refractivity contribution is 7.11. The molecule has 0 saturated carbocycles. The quantitative estimate of drug-likeness (QED) is 0.726. The van der Waals surface area contributed by atoms with Crippen molar-refractivity contribution in [1.82, 2.24) is 4.98 Å². The monoisotopic (exact) mass is 207 g/mol. The maximum absolute atomic E-state index is 11.7. The van der Waals surface area contributed by atoms with Crippen molar-refractivity contribution in [2.75, 3.05) is 0 Å². The average molecular weight is 207 g/mol. The molecule has 0 aromatic carbocycles. The number of thiazole rings is 1. The molecule has 2 heterocycles. The molecule has 0 aliphatic carbocycles. The predicted octanol–water partition coefficient (Wildman–Crippen LogP) is 2.47. The molecule has 0 unspecified atom stereocenters. The zero-order valence-electron chi connectivity index (χ0n) is 7.69. The number of carbonyl (C=O) groups excluding carboxylic acids is 1. The molecular formula is C10H9NO2S. The molecule has 72 valence electrons. The first kappa shape index (κ1) is 9.15. The van der Waals surface area contributed by atoms with Crippen molar-refractivity contribution >= 4 is 17.1 Å². The molecule has 0 atom stereocenters. The van der Waals surface area contributed by atoms with Crippen LogP contribution in [0.3, 0.4) is 0 Å². The third kappa shape index (κ3) is 1.75. The lowest BCUT2D eigenvalue weighted by Crippen LogP contribution is -2.02. The van der Waals surface area contributed by atoms with E-state index in [9.17, 15) is 4.79 Å². The Hall–Kier alpha value is -1.42. The van der Waals surface area contributed by atoms with E-state index in [1.165, 1.54) is 11.3 Å². The van der Waals surface area contributed by atoms with Gasteiger partial charge in [-0.15, -0.1) is 11.3 Å². The van der Waals surface area contributed by atoms with Gasteiger partial charge in [0.2, 0.25) is 0 Å². The average Bonchev–Trinajstić information content (AvgIpc) is 2.75. The van der Waals surface area contributed by atoms with E-state index < -0.39 is 0 Å². The third-order valence-electron chi connectivity index (χ3n) is 1.91. The van der Waals surface area contributed by atoms with Crippen molar-refractivity contribution in [3.05, 3.63) is 40.2 Å². The summed E-state index contributed by atoms with van der Waals surface area (Å²) >= 11 is 1.38. The predicted molar refractivity (Wildman–Crippen MR) is 53.6 cm³/mol. The Bertz CT molecular complexity index is 431. The van der Waals surface area contributed by atoms with Crippen molar-refractivity contribution in [3.63, 3.8) is 0 Å². The molecule has 4 heteroatoms. The molecule has 0 aliphatic heterocycles. The van der Waals surface area contributed by atoms with Crippen molar-refractivity contribution in [3.8, 4) is 0 Å². The van der Waals surface area contributed by atoms with Crippen molar-refractivity contribution in [2.45, 2.75) is 13.3 Å². The fourth-order valence-corrected chi connectivity index (χ4v) is 1.96. The van der Waals surface area contributed by atoms with Crippen LogP contribution >= 0.6 is 11.3 Å². The van der Waals surface area contributed by atoms with E-state index in [1.807, 2.05) is 6.92 Å². The summed E-state index contributed by atoms with van der Waals surface area (Å²) in [4.78, 5) is 16.5. The van der Waals surface area contributed by atoms with E-state index in [2.05, 4.69) is 4.98 Å². The highest BCUT2D eigenvalue weighted by Crippen LogP contribution is 2.15. The van der Waals surface area contributed by atoms with Crippen LogP contribution in [0.5, 0.6) is 0 Å². The van der Waals surface area contributed by atoms with Crippen LogP contribution in [0.15, 0.2) is 28.3 Å². The van der Waals surface area contributed by atoms with Gasteiger partial charge >= 0.3 is 0 Å². The van der Waals surface area contributed by atoms with Gasteiger partial charge in [-0.2, -0.15) is 0 Å². The van der Waals surface area contributed by atoms with Gasteiger partial charge in [0.1, 0.15) is 5.76 Å². The third-order valence-corrected chi connectivity index (χ3v) is 2.88. The molecule has 2 rings (SSSR count). The van der Waals surface area contributed by atoms with Crippen LogP contribution in [0.4, 0.5) is 0 Å². The molecule has 0 spiro atoms. The second-order valence-electron chi connectivity index (χ2n) is 2.95. The summed E-state index contributed by atoms with van der Waals surface area (Å²) in [5.74, 6) is 0.766. The number of aromatic nitrogens is 1. The van der Waals surface area contributed by atoms with Gasteiger partial charge in [-0.3, -0.25) is 4.79 Å². The fourth-order valence-electron chi connectivity index (χ4n) is 1.22. The largest absolute Gasteiger partial charge is 0.469 e. The Balaban J connectivity index is 2.14. The molecule has 14 heavy (non-hydrogen) atoms. The molecule has 3 nitrogen and oxygen atoms in total. The molecule has 0 bridgehead atoms. The topological polar surface area (TPSA) is 43.1 Å². The fraction of sp³-hybridized carbons (Fsp3) is 0.200. The minimum atomic E-state index is 0.0694. The first-order valence-electron chi connectivity index (χ1n) is 4.23. The molecular weight excluding hydrogens is 198 g/mol. The molecule has 0 amide bonds. The van der Waals surface area contributed by atoms with Crippen LogP contribution < -0.4 is 0 Å². The molecule has 0 fully saturated rings. The Labute approximate surface area is 85.4 Å². The molecule has 0 N–H and O–H groups in total. The van der Waals surface area contributed by atoms with Gasteiger partial charge in [0, 0.05) is 0 Å². The minimum Gasteiger partial charge on any atom is -0.469 e. The normalized spacial score (nSPS) is 10.4. The van der Waals surface area contributed by atoms with Gasteiger partial charge in [-0.05, 0) is 19.1 Å². The molecule has 2 aromatic rings. The van der Waals surface area contributed by atoms with Crippen molar-refractivity contribution in [2.24, 2.45) is 0 Å². The van der Waals surface area contributed by atoms with Crippen LogP contribution in [-0.2, 0) is 6.42 Å². The van der Waals surface area contributed by atoms with E-state index in [0.717, 1.165) is 10.6 Å². The van der Waals surface area contributed by atoms with Crippen LogP contribution in [0.1, 0.15) is 21.1 Å². The Morgan fingerprint density at radius 1 is 1.64 bits per heavy atom. The van der Waals surface area contributed by atoms with Crippen molar-refractivity contribution < 1.29 is 9.21 Å². The summed E-state index contributed by atoms with van der Waals surface area (Å²) in [5, 5.41) is 0. The highest BCUT2D eigenvalue weighted by atomic mass is 32.1. The van der Waals surface area contributed by atoms with Gasteiger partial charge in [0.05, 0.1) is 28.8 Å². The SMILES string of the molecule is Cc1ncsc1C(=O)Cc1ccco1. The Kier molecular flexibility index (Phi) is 2.45. The first-order valence-corrected chi connectivity index (χ1v) is 5.11. The minimum absolute atomic E-state index is 0.0694. The van der Waals surface area contributed by atoms with E-state index in [4.69, 9.17) is 4.42 Å². The maximum atomic E-state index is 11.7. The second-order valence-corrected chi connectivity index (χ2v) is 3.80. The summed E-state index contributed by atoms with van der Waals surface area (Å²) in [7, 11) is 0. The van der Waals surface area contributed by atoms with Crippen LogP contribution in [-0.4, -0.2) is 10.8 Å². The van der Waals surface area contributed by atoms with E-state index >= 15 is 0 Å². The number of hydrogen-bond acceptors (Lipinski definition) is 4.